The summed E-state index contributed by atoms with van der Waals surface area (Å²) in [6.45, 7) is 3.12. The second kappa shape index (κ2) is 9.32. The first-order valence-electron chi connectivity index (χ1n) is 9.74. The minimum atomic E-state index is -3.82. The number of amides is 1. The summed E-state index contributed by atoms with van der Waals surface area (Å²) >= 11 is 6.08. The summed E-state index contributed by atoms with van der Waals surface area (Å²) in [7, 11) is -2.40. The van der Waals surface area contributed by atoms with E-state index >= 15 is 0 Å². The normalized spacial score (nSPS) is 15.5. The van der Waals surface area contributed by atoms with Gasteiger partial charge >= 0.3 is 0 Å². The molecule has 1 atom stereocenters. The van der Waals surface area contributed by atoms with Gasteiger partial charge in [0.2, 0.25) is 15.9 Å². The molecule has 0 N–H and O–H groups in total. The third-order valence-corrected chi connectivity index (χ3v) is 6.69. The molecule has 2 aromatic carbocycles. The fraction of sp³-hybridized carbons (Fsp3) is 0.381. The molecular formula is C21H25ClFN3O4S. The minimum Gasteiger partial charge on any atom is -0.495 e. The second-order valence-electron chi connectivity index (χ2n) is 7.31. The van der Waals surface area contributed by atoms with Crippen LogP contribution in [0.15, 0.2) is 42.5 Å². The van der Waals surface area contributed by atoms with Crippen LogP contribution in [0.2, 0.25) is 5.02 Å². The van der Waals surface area contributed by atoms with Crippen molar-refractivity contribution in [3.8, 4) is 5.75 Å². The molecule has 2 aromatic rings. The molecule has 168 valence electrons. The van der Waals surface area contributed by atoms with Crippen molar-refractivity contribution in [1.82, 2.24) is 4.90 Å². The molecule has 1 saturated heterocycles. The van der Waals surface area contributed by atoms with Crippen LogP contribution in [-0.2, 0) is 14.8 Å². The summed E-state index contributed by atoms with van der Waals surface area (Å²) < 4.78 is 45.6. The van der Waals surface area contributed by atoms with Crippen molar-refractivity contribution in [2.24, 2.45) is 0 Å². The van der Waals surface area contributed by atoms with Gasteiger partial charge in [-0.25, -0.2) is 12.8 Å². The predicted molar refractivity (Wildman–Crippen MR) is 120 cm³/mol. The first kappa shape index (κ1) is 23.1. The Morgan fingerprint density at radius 1 is 1.16 bits per heavy atom. The highest BCUT2D eigenvalue weighted by atomic mass is 35.5. The maximum atomic E-state index is 14.1. The first-order valence-corrected chi connectivity index (χ1v) is 12.0. The number of anilines is 2. The fourth-order valence-corrected chi connectivity index (χ4v) is 5.08. The Balaban J connectivity index is 1.81. The molecule has 1 heterocycles. The molecule has 0 radical (unpaired) electrons. The number of rotatable bonds is 6. The molecule has 0 bridgehead atoms. The van der Waals surface area contributed by atoms with Crippen LogP contribution in [0.5, 0.6) is 5.75 Å². The molecule has 10 heteroatoms. The van der Waals surface area contributed by atoms with Crippen molar-refractivity contribution in [3.63, 3.8) is 0 Å². The number of hydrogen-bond donors (Lipinski definition) is 0. The number of ether oxygens (including phenoxy) is 1. The lowest BCUT2D eigenvalue weighted by atomic mass is 10.2. The zero-order valence-corrected chi connectivity index (χ0v) is 19.2. The van der Waals surface area contributed by atoms with Gasteiger partial charge in [-0.3, -0.25) is 9.10 Å². The molecule has 1 fully saturated rings. The highest BCUT2D eigenvalue weighted by Crippen LogP contribution is 2.34. The monoisotopic (exact) mass is 469 g/mol. The van der Waals surface area contributed by atoms with Gasteiger partial charge in [0, 0.05) is 31.2 Å². The summed E-state index contributed by atoms with van der Waals surface area (Å²) in [5.74, 6) is -0.369. The number of benzene rings is 2. The Morgan fingerprint density at radius 2 is 1.81 bits per heavy atom. The van der Waals surface area contributed by atoms with Crippen molar-refractivity contribution >= 4 is 38.9 Å². The van der Waals surface area contributed by atoms with Crippen LogP contribution >= 0.6 is 11.6 Å². The van der Waals surface area contributed by atoms with E-state index in [2.05, 4.69) is 0 Å². The standard InChI is InChI=1S/C21H25ClFN3O4S/c1-15(26(31(3,28)29)19-14-16(22)8-9-20(19)30-2)21(27)25-12-10-24(11-13-25)18-7-5-4-6-17(18)23/h4-9,14-15H,10-13H2,1-3H3. The van der Waals surface area contributed by atoms with Gasteiger partial charge < -0.3 is 14.5 Å². The van der Waals surface area contributed by atoms with Crippen LogP contribution in [-0.4, -0.2) is 64.8 Å². The molecule has 1 unspecified atom stereocenters. The van der Waals surface area contributed by atoms with Crippen LogP contribution in [0.3, 0.4) is 0 Å². The smallest absolute Gasteiger partial charge is 0.246 e. The average molecular weight is 470 g/mol. The maximum absolute atomic E-state index is 14.1. The zero-order valence-electron chi connectivity index (χ0n) is 17.6. The Kier molecular flexibility index (Phi) is 6.96. The van der Waals surface area contributed by atoms with Gasteiger partial charge in [0.25, 0.3) is 0 Å². The highest BCUT2D eigenvalue weighted by Gasteiger charge is 2.35. The van der Waals surface area contributed by atoms with Gasteiger partial charge in [-0.15, -0.1) is 0 Å². The highest BCUT2D eigenvalue weighted by molar-refractivity contribution is 7.92. The quantitative estimate of drug-likeness (QED) is 0.650. The molecule has 0 aromatic heterocycles. The van der Waals surface area contributed by atoms with Gasteiger partial charge in [-0.2, -0.15) is 0 Å². The van der Waals surface area contributed by atoms with Crippen LogP contribution in [0.25, 0.3) is 0 Å². The van der Waals surface area contributed by atoms with Gasteiger partial charge in [-0.1, -0.05) is 23.7 Å². The van der Waals surface area contributed by atoms with E-state index in [-0.39, 0.29) is 17.4 Å². The number of halogens is 2. The topological polar surface area (TPSA) is 70.2 Å². The van der Waals surface area contributed by atoms with Gasteiger partial charge in [-0.05, 0) is 37.3 Å². The van der Waals surface area contributed by atoms with E-state index in [1.165, 1.54) is 26.2 Å². The van der Waals surface area contributed by atoms with Crippen molar-refractivity contribution in [3.05, 3.63) is 53.3 Å². The van der Waals surface area contributed by atoms with Crippen molar-refractivity contribution in [1.29, 1.82) is 0 Å². The molecule has 0 spiro atoms. The van der Waals surface area contributed by atoms with Gasteiger partial charge in [0.05, 0.1) is 24.7 Å². The molecular weight excluding hydrogens is 445 g/mol. The van der Waals surface area contributed by atoms with E-state index in [1.807, 2.05) is 4.90 Å². The number of piperazine rings is 1. The molecule has 0 saturated carbocycles. The van der Waals surface area contributed by atoms with E-state index < -0.39 is 16.1 Å². The Bertz CT molecular complexity index is 1060. The summed E-state index contributed by atoms with van der Waals surface area (Å²) in [4.78, 5) is 16.7. The average Bonchev–Trinajstić information content (AvgIpc) is 2.73. The third kappa shape index (κ3) is 5.04. The number of nitrogens with zero attached hydrogens (tertiary/aromatic N) is 3. The van der Waals surface area contributed by atoms with Crippen LogP contribution < -0.4 is 13.9 Å². The van der Waals surface area contributed by atoms with Gasteiger partial charge in [0.1, 0.15) is 17.6 Å². The number of carbonyl (C=O) groups excluding carboxylic acids is 1. The maximum Gasteiger partial charge on any atom is 0.246 e. The number of hydrogen-bond acceptors (Lipinski definition) is 5. The van der Waals surface area contributed by atoms with Gasteiger partial charge in [0.15, 0.2) is 0 Å². The molecule has 1 aliphatic rings. The number of carbonyl (C=O) groups is 1. The molecule has 31 heavy (non-hydrogen) atoms. The molecule has 1 aliphatic heterocycles. The summed E-state index contributed by atoms with van der Waals surface area (Å²) in [5.41, 5.74) is 0.687. The largest absolute Gasteiger partial charge is 0.495 e. The van der Waals surface area contributed by atoms with Crippen LogP contribution in [0.4, 0.5) is 15.8 Å². The minimum absolute atomic E-state index is 0.198. The Hall–Kier alpha value is -2.52. The van der Waals surface area contributed by atoms with Crippen LogP contribution in [0, 0.1) is 5.82 Å². The van der Waals surface area contributed by atoms with E-state index in [9.17, 15) is 17.6 Å². The Labute approximate surface area is 187 Å². The molecule has 7 nitrogen and oxygen atoms in total. The molecule has 0 aliphatic carbocycles. The number of methoxy groups -OCH3 is 1. The SMILES string of the molecule is COc1ccc(Cl)cc1N(C(C)C(=O)N1CCN(c2ccccc2F)CC1)S(C)(=O)=O. The predicted octanol–water partition coefficient (Wildman–Crippen LogP) is 2.99. The van der Waals surface area contributed by atoms with E-state index in [0.29, 0.717) is 42.6 Å². The number of sulfonamides is 1. The van der Waals surface area contributed by atoms with Crippen LogP contribution in [0.1, 0.15) is 6.92 Å². The second-order valence-corrected chi connectivity index (χ2v) is 9.61. The van der Waals surface area contributed by atoms with E-state index in [4.69, 9.17) is 16.3 Å². The fourth-order valence-electron chi connectivity index (χ4n) is 3.75. The lowest BCUT2D eigenvalue weighted by molar-refractivity contribution is -0.132. The van der Waals surface area contributed by atoms with Crippen molar-refractivity contribution < 1.29 is 22.3 Å². The summed E-state index contributed by atoms with van der Waals surface area (Å²) in [6.07, 6.45) is 1.03. The lowest BCUT2D eigenvalue weighted by Gasteiger charge is -2.39. The lowest BCUT2D eigenvalue weighted by Crippen LogP contribution is -2.55. The summed E-state index contributed by atoms with van der Waals surface area (Å²) in [6, 6.07) is 10.1. The first-order chi connectivity index (χ1) is 14.6. The number of para-hydroxylation sites is 1. The third-order valence-electron chi connectivity index (χ3n) is 5.23. The van der Waals surface area contributed by atoms with E-state index in [0.717, 1.165) is 10.6 Å². The zero-order chi connectivity index (χ0) is 22.8. The molecule has 3 rings (SSSR count). The summed E-state index contributed by atoms with van der Waals surface area (Å²) in [5, 5.41) is 0.322. The molecule has 1 amide bonds. The van der Waals surface area contributed by atoms with Crippen molar-refractivity contribution in [2.45, 2.75) is 13.0 Å². The van der Waals surface area contributed by atoms with E-state index in [1.54, 1.807) is 35.2 Å². The Morgan fingerprint density at radius 3 is 2.39 bits per heavy atom. The van der Waals surface area contributed by atoms with Crippen molar-refractivity contribution in [2.75, 3.05) is 48.7 Å².